The molecule has 3 nitrogen and oxygen atoms in total. The fourth-order valence-corrected chi connectivity index (χ4v) is 26.5. The number of methoxy groups -OCH3 is 1. The highest BCUT2D eigenvalue weighted by Crippen LogP contribution is 2.86. The van der Waals surface area contributed by atoms with E-state index in [0.717, 1.165) is 11.3 Å². The number of carbonyl (C=O) groups is 1. The van der Waals surface area contributed by atoms with Crippen LogP contribution in [0.15, 0.2) is 48.5 Å². The quantitative estimate of drug-likeness (QED) is 0.165. The number of nitrogens with zero attached hydrogens (tertiary/aromatic N) is 1. The Labute approximate surface area is 426 Å². The Kier molecular flexibility index (Phi) is 2.72. The van der Waals surface area contributed by atoms with E-state index in [-0.39, 0.29) is 5.91 Å². The van der Waals surface area contributed by atoms with Crippen molar-refractivity contribution in [2.75, 3.05) is 7.11 Å². The Balaban J connectivity index is 1.11. The first kappa shape index (κ1) is 30.0. The summed E-state index contributed by atoms with van der Waals surface area (Å²) in [6, 6.07) is 17.8. The maximum atomic E-state index is 17.2. The molecule has 30 aromatic carbocycles. The van der Waals surface area contributed by atoms with Crippen molar-refractivity contribution < 1.29 is 9.53 Å². The zero-order chi connectivity index (χ0) is 47.0. The van der Waals surface area contributed by atoms with Gasteiger partial charge in [0.15, 0.2) is 0 Å². The van der Waals surface area contributed by atoms with E-state index < -0.39 is 11.0 Å². The van der Waals surface area contributed by atoms with Gasteiger partial charge in [-0.05, 0) is 331 Å². The molecular weight excluding hydrogens is 947 g/mol. The summed E-state index contributed by atoms with van der Waals surface area (Å²) in [4.78, 5) is 19.8. The van der Waals surface area contributed by atoms with E-state index in [0.29, 0.717) is 6.54 Å². The van der Waals surface area contributed by atoms with Gasteiger partial charge >= 0.3 is 0 Å². The van der Waals surface area contributed by atoms with Crippen LogP contribution in [0.2, 0.25) is 0 Å². The third-order valence-corrected chi connectivity index (χ3v) is 27.0. The van der Waals surface area contributed by atoms with Crippen LogP contribution < -0.4 is 4.74 Å². The van der Waals surface area contributed by atoms with Crippen molar-refractivity contribution in [1.29, 1.82) is 0 Å². The average Bonchev–Trinajstić information content (AvgIpc) is 1.45. The van der Waals surface area contributed by atoms with Gasteiger partial charge in [-0.3, -0.25) is 4.79 Å². The molecule has 2 spiro atoms. The van der Waals surface area contributed by atoms with Gasteiger partial charge in [0, 0.05) is 23.2 Å². The maximum Gasteiger partial charge on any atom is 0.255 e. The van der Waals surface area contributed by atoms with Crippen LogP contribution in [0.3, 0.4) is 0 Å². The second-order valence-electron chi connectivity index (χ2n) is 27.5. The highest BCUT2D eigenvalue weighted by Gasteiger charge is 2.75. The van der Waals surface area contributed by atoms with Crippen molar-refractivity contribution in [2.24, 2.45) is 0 Å². The highest BCUT2D eigenvalue weighted by molar-refractivity contribution is 6.82. The summed E-state index contributed by atoms with van der Waals surface area (Å²) in [7, 11) is 1.84. The molecule has 0 saturated carbocycles. The maximum absolute atomic E-state index is 17.2. The van der Waals surface area contributed by atoms with Crippen LogP contribution in [0.25, 0.3) is 291 Å². The van der Waals surface area contributed by atoms with E-state index in [9.17, 15) is 0 Å². The highest BCUT2D eigenvalue weighted by atomic mass is 16.5. The number of ether oxygens (including phenoxy) is 1. The Morgan fingerprint density at radius 1 is 0.321 bits per heavy atom. The van der Waals surface area contributed by atoms with Crippen molar-refractivity contribution in [2.45, 2.75) is 17.5 Å². The van der Waals surface area contributed by atoms with Crippen LogP contribution in [-0.4, -0.2) is 17.9 Å². The Morgan fingerprint density at radius 2 is 0.577 bits per heavy atom. The van der Waals surface area contributed by atoms with E-state index >= 15 is 4.79 Å². The summed E-state index contributed by atoms with van der Waals surface area (Å²) >= 11 is 0. The molecule has 0 aromatic heterocycles. The molecule has 330 valence electrons. The van der Waals surface area contributed by atoms with Crippen molar-refractivity contribution in [3.05, 3.63) is 87.5 Å². The third kappa shape index (κ3) is 1.67. The molecule has 78 heavy (non-hydrogen) atoms. The second kappa shape index (κ2) is 7.06. The number of carbonyl (C=O) groups excluding carboxylic acids is 1. The first-order valence-electron chi connectivity index (χ1n) is 28.6. The molecule has 1 aliphatic heterocycles. The summed E-state index contributed by atoms with van der Waals surface area (Å²) in [5.41, 5.74) is 7.49. The SMILES string of the molecule is COc1ccc2c(c1)C13c4c5c6c7c8c9c(c%10c%11c1c1c4c4c%12c5c5c6c6c8c8c%13c9c9c%10c%10c%11c%11c1c1c4c4c%12c%12c5c5c6c8c6c8c%13c9c9c%10c%10c%11c1c1c4c4c%12c5c6c5c8c9c%10c1c45)C73N(Cc1ccccc1)C2=O. The number of rotatable bonds is 3. The molecule has 0 N–H and O–H groups in total. The fourth-order valence-electron chi connectivity index (χ4n) is 26.5. The standard InChI is InChI=1S/C75H13NO2/c1-78-12-7-8-13-14(9-12)74-69-61-53-43-33-25-17-15-16-19-23-21(17)29-37-31(23)41-35-27(19)28-20(16)24-22-18(15)26(25)34-40-30(22)38-32(24)42-36(28)46-45(35)57-51(41)59-49(37)55(47(53)39(29)33)63(69)65(59)71-67(57)68-58(46)52(42)60-50(38)56-48(40)54(44(34)43)62(61)70(74)64(56)66(60)72(68)75(71,74)76(73(13)77)10-11-5-3-2-4-6-11/h2-9H,10H2,1H3. The van der Waals surface area contributed by atoms with E-state index in [2.05, 4.69) is 53.4 Å². The van der Waals surface area contributed by atoms with Gasteiger partial charge in [-0.2, -0.15) is 0 Å². The Bertz CT molecular complexity index is 7750. The molecule has 0 bridgehead atoms. The Hall–Kier alpha value is -9.83. The Morgan fingerprint density at radius 3 is 0.846 bits per heavy atom. The molecule has 1 amide bonds. The molecule has 4 aliphatic carbocycles. The molecule has 0 atom stereocenters. The predicted octanol–water partition coefficient (Wildman–Crippen LogP) is 19.0. The predicted molar refractivity (Wildman–Crippen MR) is 322 cm³/mol. The van der Waals surface area contributed by atoms with Gasteiger partial charge in [0.25, 0.3) is 5.91 Å². The minimum absolute atomic E-state index is 0.152. The van der Waals surface area contributed by atoms with E-state index in [4.69, 9.17) is 4.74 Å². The number of benzene rings is 20. The molecule has 0 fully saturated rings. The van der Waals surface area contributed by atoms with Gasteiger partial charge in [0.1, 0.15) is 11.3 Å². The number of amides is 1. The average molecular weight is 960 g/mol. The summed E-state index contributed by atoms with van der Waals surface area (Å²) in [6.07, 6.45) is 0. The molecular formula is C75H13NO2. The number of fused-ring (bicyclic) bond motifs is 1. The minimum Gasteiger partial charge on any atom is -0.497 e. The largest absolute Gasteiger partial charge is 0.497 e. The van der Waals surface area contributed by atoms with Gasteiger partial charge in [-0.1, -0.05) is 30.3 Å². The molecule has 0 unspecified atom stereocenters. The lowest BCUT2D eigenvalue weighted by atomic mass is 9.47. The number of hydrogen-bond acceptors (Lipinski definition) is 2. The zero-order valence-electron chi connectivity index (χ0n) is 40.1. The van der Waals surface area contributed by atoms with Crippen molar-refractivity contribution >= 4 is 297 Å². The second-order valence-corrected chi connectivity index (χ2v) is 27.5. The summed E-state index contributed by atoms with van der Waals surface area (Å²) in [6.45, 7) is 0.518. The van der Waals surface area contributed by atoms with Gasteiger partial charge < -0.3 is 9.64 Å². The van der Waals surface area contributed by atoms with Crippen LogP contribution in [-0.2, 0) is 17.5 Å². The zero-order valence-corrected chi connectivity index (χ0v) is 40.1. The molecule has 3 heteroatoms. The van der Waals surface area contributed by atoms with Crippen LogP contribution in [0, 0.1) is 0 Å². The van der Waals surface area contributed by atoms with Crippen molar-refractivity contribution in [3.63, 3.8) is 0 Å². The van der Waals surface area contributed by atoms with Gasteiger partial charge in [0.05, 0.1) is 12.5 Å². The lowest BCUT2D eigenvalue weighted by molar-refractivity contribution is 0.0346. The first-order valence-corrected chi connectivity index (χ1v) is 28.6. The smallest absolute Gasteiger partial charge is 0.255 e. The third-order valence-electron chi connectivity index (χ3n) is 27.0. The molecule has 30 aromatic rings. The van der Waals surface area contributed by atoms with Gasteiger partial charge in [-0.25, -0.2) is 0 Å². The topological polar surface area (TPSA) is 29.5 Å². The lowest BCUT2D eigenvalue weighted by Gasteiger charge is -2.61. The van der Waals surface area contributed by atoms with Crippen LogP contribution in [0.4, 0.5) is 0 Å². The molecule has 5 aliphatic rings. The normalized spacial score (nSPS) is 21.3. The summed E-state index contributed by atoms with van der Waals surface area (Å²) in [5, 5.41) is 84.5. The molecule has 35 rings (SSSR count). The van der Waals surface area contributed by atoms with Crippen molar-refractivity contribution in [1.82, 2.24) is 4.90 Å². The van der Waals surface area contributed by atoms with E-state index in [1.807, 2.05) is 7.11 Å². The lowest BCUT2D eigenvalue weighted by Crippen LogP contribution is -2.66. The van der Waals surface area contributed by atoms with Crippen LogP contribution in [0.5, 0.6) is 5.75 Å². The van der Waals surface area contributed by atoms with Gasteiger partial charge in [0.2, 0.25) is 0 Å². The van der Waals surface area contributed by atoms with Crippen LogP contribution in [0.1, 0.15) is 43.7 Å². The first-order chi connectivity index (χ1) is 38.8. The summed E-state index contributed by atoms with van der Waals surface area (Å²) < 4.78 is 6.49. The summed E-state index contributed by atoms with van der Waals surface area (Å²) in [5.74, 6) is 0.991. The van der Waals surface area contributed by atoms with E-state index in [1.54, 1.807) is 226 Å². The minimum atomic E-state index is -0.912. The molecule has 1 heterocycles. The van der Waals surface area contributed by atoms with Gasteiger partial charge in [-0.15, -0.1) is 0 Å². The fraction of sp³-hybridized carbons (Fsp3) is 0.0533. The number of hydrogen-bond donors (Lipinski definition) is 0. The van der Waals surface area contributed by atoms with Crippen molar-refractivity contribution in [3.8, 4) is 5.75 Å². The molecule has 0 radical (unpaired) electrons. The monoisotopic (exact) mass is 959 g/mol. The van der Waals surface area contributed by atoms with Crippen LogP contribution >= 0.6 is 0 Å². The van der Waals surface area contributed by atoms with E-state index in [1.165, 1.54) is 98.0 Å². The molecule has 0 saturated heterocycles.